The Balaban J connectivity index is 2.25. The largest absolute Gasteiger partial charge is 0.393 e. The van der Waals surface area contributed by atoms with Crippen LogP contribution in [-0.2, 0) is 6.42 Å². The van der Waals surface area contributed by atoms with Gasteiger partial charge in [0.2, 0.25) is 0 Å². The number of fused-ring (bicyclic) bond motifs is 1. The molecule has 1 N–H and O–H groups in total. The fourth-order valence-electron chi connectivity index (χ4n) is 2.49. The van der Waals surface area contributed by atoms with Gasteiger partial charge in [0.05, 0.1) is 11.6 Å². The summed E-state index contributed by atoms with van der Waals surface area (Å²) in [6.07, 6.45) is 2.46. The van der Waals surface area contributed by atoms with E-state index in [1.54, 1.807) is 0 Å². The first-order valence-corrected chi connectivity index (χ1v) is 6.59. The van der Waals surface area contributed by atoms with Crippen molar-refractivity contribution in [3.63, 3.8) is 0 Å². The Hall–Kier alpha value is -1.41. The second-order valence-electron chi connectivity index (χ2n) is 5.38. The lowest BCUT2D eigenvalue weighted by Gasteiger charge is -2.23. The second kappa shape index (κ2) is 5.49. The van der Waals surface area contributed by atoms with Crippen molar-refractivity contribution in [3.05, 3.63) is 42.1 Å². The maximum Gasteiger partial charge on any atom is 0.0702 e. The topological polar surface area (TPSA) is 33.1 Å². The number of hydrogen-bond donors (Lipinski definition) is 1. The molecule has 2 rings (SSSR count). The molecule has 96 valence electrons. The minimum Gasteiger partial charge on any atom is -0.393 e. The molecule has 0 amide bonds. The van der Waals surface area contributed by atoms with Crippen molar-refractivity contribution >= 4 is 10.9 Å². The third kappa shape index (κ3) is 2.88. The molecule has 2 heteroatoms. The first kappa shape index (κ1) is 13.0. The van der Waals surface area contributed by atoms with Crippen molar-refractivity contribution in [1.82, 2.24) is 4.98 Å². The normalized spacial score (nSPS) is 14.9. The van der Waals surface area contributed by atoms with Crippen LogP contribution in [0, 0.1) is 11.8 Å². The van der Waals surface area contributed by atoms with Crippen LogP contribution in [-0.4, -0.2) is 16.2 Å². The molecule has 1 heterocycles. The lowest BCUT2D eigenvalue weighted by Crippen LogP contribution is -2.24. The molecule has 0 radical (unpaired) electrons. The van der Waals surface area contributed by atoms with Gasteiger partial charge in [0.25, 0.3) is 0 Å². The van der Waals surface area contributed by atoms with Crippen LogP contribution in [0.15, 0.2) is 36.5 Å². The Morgan fingerprint density at radius 2 is 1.94 bits per heavy atom. The molecule has 1 aromatic carbocycles. The highest BCUT2D eigenvalue weighted by atomic mass is 16.3. The summed E-state index contributed by atoms with van der Waals surface area (Å²) in [6.45, 7) is 6.22. The number of pyridine rings is 1. The highest BCUT2D eigenvalue weighted by Gasteiger charge is 2.19. The molecule has 2 nitrogen and oxygen atoms in total. The second-order valence-corrected chi connectivity index (χ2v) is 5.38. The molecule has 1 aromatic heterocycles. The van der Waals surface area contributed by atoms with Gasteiger partial charge in [0.15, 0.2) is 0 Å². The van der Waals surface area contributed by atoms with Crippen LogP contribution >= 0.6 is 0 Å². The van der Waals surface area contributed by atoms with Crippen LogP contribution in [0.1, 0.15) is 26.3 Å². The van der Waals surface area contributed by atoms with Gasteiger partial charge in [-0.15, -0.1) is 0 Å². The van der Waals surface area contributed by atoms with Gasteiger partial charge in [-0.1, -0.05) is 26.0 Å². The minimum atomic E-state index is -0.269. The summed E-state index contributed by atoms with van der Waals surface area (Å²) in [5, 5.41) is 11.0. The zero-order chi connectivity index (χ0) is 13.1. The molecule has 2 atom stereocenters. The molecular weight excluding hydrogens is 222 g/mol. The molecule has 0 aliphatic heterocycles. The highest BCUT2D eigenvalue weighted by molar-refractivity contribution is 5.78. The summed E-state index contributed by atoms with van der Waals surface area (Å²) < 4.78 is 0. The quantitative estimate of drug-likeness (QED) is 0.892. The molecule has 18 heavy (non-hydrogen) atoms. The van der Waals surface area contributed by atoms with E-state index in [4.69, 9.17) is 0 Å². The summed E-state index contributed by atoms with van der Waals surface area (Å²) in [5.41, 5.74) is 2.30. The van der Waals surface area contributed by atoms with E-state index in [1.807, 2.05) is 19.2 Å². The van der Waals surface area contributed by atoms with Crippen molar-refractivity contribution in [2.45, 2.75) is 33.3 Å². The fourth-order valence-corrected chi connectivity index (χ4v) is 2.49. The van der Waals surface area contributed by atoms with Crippen molar-refractivity contribution in [2.24, 2.45) is 11.8 Å². The number of benzene rings is 1. The molecule has 0 aliphatic carbocycles. The molecule has 2 unspecified atom stereocenters. The Labute approximate surface area is 109 Å². The molecule has 0 saturated carbocycles. The van der Waals surface area contributed by atoms with E-state index < -0.39 is 0 Å². The summed E-state index contributed by atoms with van der Waals surface area (Å²) in [5.74, 6) is 0.786. The lowest BCUT2D eigenvalue weighted by molar-refractivity contribution is 0.0977. The van der Waals surface area contributed by atoms with Crippen molar-refractivity contribution in [3.8, 4) is 0 Å². The molecule has 0 spiro atoms. The Bertz CT molecular complexity index is 511. The number of aliphatic hydroxyl groups excluding tert-OH is 1. The summed E-state index contributed by atoms with van der Waals surface area (Å²) in [4.78, 5) is 4.32. The third-order valence-corrected chi connectivity index (χ3v) is 3.61. The van der Waals surface area contributed by atoms with Crippen molar-refractivity contribution < 1.29 is 5.11 Å². The van der Waals surface area contributed by atoms with Gasteiger partial charge < -0.3 is 5.11 Å². The molecular formula is C16H21NO. The van der Waals surface area contributed by atoms with E-state index >= 15 is 0 Å². The fraction of sp³-hybridized carbons (Fsp3) is 0.438. The maximum absolute atomic E-state index is 9.84. The van der Waals surface area contributed by atoms with E-state index in [0.717, 1.165) is 11.9 Å². The lowest BCUT2D eigenvalue weighted by atomic mass is 9.85. The van der Waals surface area contributed by atoms with Crippen molar-refractivity contribution in [2.75, 3.05) is 0 Å². The first-order chi connectivity index (χ1) is 8.58. The monoisotopic (exact) mass is 243 g/mol. The SMILES string of the molecule is CC(C)C(Cc1ccc2ncccc2c1)C(C)O. The van der Waals surface area contributed by atoms with E-state index in [0.29, 0.717) is 11.8 Å². The number of nitrogens with zero attached hydrogens (tertiary/aromatic N) is 1. The van der Waals surface area contributed by atoms with E-state index in [9.17, 15) is 5.11 Å². The van der Waals surface area contributed by atoms with Gasteiger partial charge in [-0.05, 0) is 48.9 Å². The predicted molar refractivity (Wildman–Crippen MR) is 75.5 cm³/mol. The average molecular weight is 243 g/mol. The first-order valence-electron chi connectivity index (χ1n) is 6.59. The van der Waals surface area contributed by atoms with Gasteiger partial charge in [-0.2, -0.15) is 0 Å². The van der Waals surface area contributed by atoms with E-state index in [-0.39, 0.29) is 6.10 Å². The Morgan fingerprint density at radius 3 is 2.61 bits per heavy atom. The Morgan fingerprint density at radius 1 is 1.17 bits per heavy atom. The third-order valence-electron chi connectivity index (χ3n) is 3.61. The standard InChI is InChI=1S/C16H21NO/c1-11(2)15(12(3)18)10-13-6-7-16-14(9-13)5-4-8-17-16/h4-9,11-12,15,18H,10H2,1-3H3. The number of aliphatic hydroxyl groups is 1. The van der Waals surface area contributed by atoms with Gasteiger partial charge in [0.1, 0.15) is 0 Å². The highest BCUT2D eigenvalue weighted by Crippen LogP contribution is 2.23. The molecule has 0 fully saturated rings. The van der Waals surface area contributed by atoms with Gasteiger partial charge in [-0.3, -0.25) is 4.98 Å². The maximum atomic E-state index is 9.84. The van der Waals surface area contributed by atoms with Crippen LogP contribution in [0.25, 0.3) is 10.9 Å². The molecule has 0 aliphatic rings. The number of rotatable bonds is 4. The summed E-state index contributed by atoms with van der Waals surface area (Å²) in [7, 11) is 0. The van der Waals surface area contributed by atoms with Gasteiger partial charge >= 0.3 is 0 Å². The molecule has 2 aromatic rings. The smallest absolute Gasteiger partial charge is 0.0702 e. The van der Waals surface area contributed by atoms with Crippen LogP contribution in [0.3, 0.4) is 0 Å². The van der Waals surface area contributed by atoms with Crippen LogP contribution in [0.2, 0.25) is 0 Å². The minimum absolute atomic E-state index is 0.269. The van der Waals surface area contributed by atoms with Crippen LogP contribution in [0.5, 0.6) is 0 Å². The van der Waals surface area contributed by atoms with E-state index in [2.05, 4.69) is 43.1 Å². The zero-order valence-electron chi connectivity index (χ0n) is 11.3. The summed E-state index contributed by atoms with van der Waals surface area (Å²) in [6, 6.07) is 10.4. The van der Waals surface area contributed by atoms with Crippen LogP contribution < -0.4 is 0 Å². The van der Waals surface area contributed by atoms with Gasteiger partial charge in [-0.25, -0.2) is 0 Å². The number of aromatic nitrogens is 1. The predicted octanol–water partition coefficient (Wildman–Crippen LogP) is 3.43. The van der Waals surface area contributed by atoms with Crippen molar-refractivity contribution in [1.29, 1.82) is 0 Å². The molecule has 0 bridgehead atoms. The zero-order valence-corrected chi connectivity index (χ0v) is 11.3. The van der Waals surface area contributed by atoms with Crippen LogP contribution in [0.4, 0.5) is 0 Å². The Kier molecular flexibility index (Phi) is 3.97. The molecule has 0 saturated heterocycles. The average Bonchev–Trinajstić information content (AvgIpc) is 2.35. The number of hydrogen-bond acceptors (Lipinski definition) is 2. The van der Waals surface area contributed by atoms with Gasteiger partial charge in [0, 0.05) is 11.6 Å². The van der Waals surface area contributed by atoms with E-state index in [1.165, 1.54) is 10.9 Å². The summed E-state index contributed by atoms with van der Waals surface area (Å²) >= 11 is 0.